The molecular weight excluding hydrogens is 230 g/mol. The van der Waals surface area contributed by atoms with Crippen molar-refractivity contribution in [3.63, 3.8) is 0 Å². The van der Waals surface area contributed by atoms with Crippen LogP contribution < -0.4 is 5.56 Å². The molecule has 0 aliphatic heterocycles. The van der Waals surface area contributed by atoms with Gasteiger partial charge in [-0.05, 0) is 18.1 Å². The zero-order chi connectivity index (χ0) is 12.9. The van der Waals surface area contributed by atoms with Crippen LogP contribution in [0, 0.1) is 0 Å². The van der Waals surface area contributed by atoms with Crippen molar-refractivity contribution < 1.29 is 5.11 Å². The molecule has 5 heteroatoms. The summed E-state index contributed by atoms with van der Waals surface area (Å²) < 4.78 is 1.58. The number of aromatic hydroxyl groups is 1. The van der Waals surface area contributed by atoms with Crippen LogP contribution >= 0.6 is 0 Å². The summed E-state index contributed by atoms with van der Waals surface area (Å²) in [6.07, 6.45) is 0. The van der Waals surface area contributed by atoms with E-state index in [9.17, 15) is 9.90 Å². The third-order valence-electron chi connectivity index (χ3n) is 3.06. The molecule has 0 amide bonds. The van der Waals surface area contributed by atoms with E-state index in [0.717, 1.165) is 11.0 Å². The summed E-state index contributed by atoms with van der Waals surface area (Å²) in [5.74, 6) is 0.278. The predicted molar refractivity (Wildman–Crippen MR) is 69.1 cm³/mol. The average molecular weight is 243 g/mol. The molecule has 1 aromatic carbocycles. The van der Waals surface area contributed by atoms with Crippen LogP contribution in [0.15, 0.2) is 29.1 Å². The Kier molecular flexibility index (Phi) is 2.16. The van der Waals surface area contributed by atoms with Crippen molar-refractivity contribution in [1.82, 2.24) is 14.4 Å². The van der Waals surface area contributed by atoms with Crippen LogP contribution in [0.5, 0.6) is 5.88 Å². The van der Waals surface area contributed by atoms with E-state index in [-0.39, 0.29) is 17.4 Å². The third-order valence-corrected chi connectivity index (χ3v) is 3.06. The molecule has 0 bridgehead atoms. The van der Waals surface area contributed by atoms with Gasteiger partial charge in [0.15, 0.2) is 0 Å². The molecule has 0 atom stereocenters. The fraction of sp³-hybridized carbons (Fsp3) is 0.231. The molecule has 92 valence electrons. The van der Waals surface area contributed by atoms with Gasteiger partial charge < -0.3 is 5.11 Å². The van der Waals surface area contributed by atoms with Crippen molar-refractivity contribution in [2.24, 2.45) is 0 Å². The van der Waals surface area contributed by atoms with Gasteiger partial charge in [0.05, 0.1) is 16.6 Å². The zero-order valence-corrected chi connectivity index (χ0v) is 10.1. The van der Waals surface area contributed by atoms with E-state index in [0.29, 0.717) is 11.3 Å². The van der Waals surface area contributed by atoms with E-state index in [2.05, 4.69) is 9.97 Å². The lowest BCUT2D eigenvalue weighted by molar-refractivity contribution is 0.434. The highest BCUT2D eigenvalue weighted by Crippen LogP contribution is 2.25. The van der Waals surface area contributed by atoms with Gasteiger partial charge in [0.25, 0.3) is 5.56 Å². The summed E-state index contributed by atoms with van der Waals surface area (Å²) in [6, 6.07) is 7.44. The molecule has 18 heavy (non-hydrogen) atoms. The summed E-state index contributed by atoms with van der Waals surface area (Å²) in [5, 5.41) is 10.3. The smallest absolute Gasteiger partial charge is 0.259 e. The molecule has 5 nitrogen and oxygen atoms in total. The van der Waals surface area contributed by atoms with Crippen LogP contribution in [0.2, 0.25) is 0 Å². The number of imidazole rings is 1. The first kappa shape index (κ1) is 10.8. The Balaban J connectivity index is 2.57. The first-order valence-electron chi connectivity index (χ1n) is 5.82. The maximum absolute atomic E-state index is 11.9. The quantitative estimate of drug-likeness (QED) is 0.686. The fourth-order valence-corrected chi connectivity index (χ4v) is 2.24. The molecule has 0 spiro atoms. The van der Waals surface area contributed by atoms with Crippen LogP contribution in [-0.2, 0) is 0 Å². The molecule has 2 aromatic heterocycles. The largest absolute Gasteiger partial charge is 0.494 e. The minimum Gasteiger partial charge on any atom is -0.494 e. The Morgan fingerprint density at radius 2 is 2.06 bits per heavy atom. The second-order valence-corrected chi connectivity index (χ2v) is 4.61. The molecule has 0 saturated heterocycles. The van der Waals surface area contributed by atoms with Gasteiger partial charge in [-0.3, -0.25) is 9.78 Å². The molecule has 0 aliphatic rings. The number of fused-ring (bicyclic) bond motifs is 3. The Labute approximate surface area is 103 Å². The number of rotatable bonds is 1. The van der Waals surface area contributed by atoms with E-state index >= 15 is 0 Å². The average Bonchev–Trinajstić information content (AvgIpc) is 2.66. The van der Waals surface area contributed by atoms with Crippen molar-refractivity contribution in [3.05, 3.63) is 40.2 Å². The van der Waals surface area contributed by atoms with Crippen LogP contribution in [0.4, 0.5) is 0 Å². The van der Waals surface area contributed by atoms with E-state index in [4.69, 9.17) is 0 Å². The molecule has 0 radical (unpaired) electrons. The Morgan fingerprint density at radius 1 is 1.33 bits per heavy atom. The number of aromatic amines is 1. The van der Waals surface area contributed by atoms with Gasteiger partial charge in [-0.15, -0.1) is 0 Å². The lowest BCUT2D eigenvalue weighted by Crippen LogP contribution is -2.16. The van der Waals surface area contributed by atoms with Gasteiger partial charge in [0.1, 0.15) is 0 Å². The van der Waals surface area contributed by atoms with Gasteiger partial charge >= 0.3 is 0 Å². The number of aromatic nitrogens is 3. The third kappa shape index (κ3) is 1.33. The number of nitrogens with zero attached hydrogens (tertiary/aromatic N) is 2. The topological polar surface area (TPSA) is 70.4 Å². The number of H-pyrrole nitrogens is 1. The number of hydrogen-bond acceptors (Lipinski definition) is 3. The SMILES string of the molecule is CC(C)c1c(O)n2c(nc3ccccc32)[nH]c1=O. The minimum atomic E-state index is -0.287. The van der Waals surface area contributed by atoms with Crippen LogP contribution in [-0.4, -0.2) is 19.5 Å². The fourth-order valence-electron chi connectivity index (χ4n) is 2.24. The maximum atomic E-state index is 11.9. The van der Waals surface area contributed by atoms with E-state index in [1.807, 2.05) is 38.1 Å². The Morgan fingerprint density at radius 3 is 2.78 bits per heavy atom. The molecule has 0 saturated carbocycles. The van der Waals surface area contributed by atoms with Crippen LogP contribution in [0.25, 0.3) is 16.8 Å². The van der Waals surface area contributed by atoms with Gasteiger partial charge in [-0.25, -0.2) is 9.38 Å². The molecule has 0 fully saturated rings. The highest BCUT2D eigenvalue weighted by molar-refractivity contribution is 5.80. The zero-order valence-electron chi connectivity index (χ0n) is 10.1. The number of hydrogen-bond donors (Lipinski definition) is 2. The molecular formula is C13H13N3O2. The van der Waals surface area contributed by atoms with Crippen molar-refractivity contribution in [2.45, 2.75) is 19.8 Å². The van der Waals surface area contributed by atoms with E-state index in [1.165, 1.54) is 0 Å². The molecule has 2 N–H and O–H groups in total. The van der Waals surface area contributed by atoms with Gasteiger partial charge in [-0.2, -0.15) is 0 Å². The second-order valence-electron chi connectivity index (χ2n) is 4.61. The first-order valence-corrected chi connectivity index (χ1v) is 5.82. The molecule has 0 aliphatic carbocycles. The molecule has 2 heterocycles. The van der Waals surface area contributed by atoms with E-state index in [1.54, 1.807) is 4.40 Å². The van der Waals surface area contributed by atoms with Gasteiger partial charge in [-0.1, -0.05) is 26.0 Å². The van der Waals surface area contributed by atoms with Crippen molar-refractivity contribution in [3.8, 4) is 5.88 Å². The summed E-state index contributed by atoms with van der Waals surface area (Å²) in [4.78, 5) is 18.9. The highest BCUT2D eigenvalue weighted by atomic mass is 16.3. The van der Waals surface area contributed by atoms with Gasteiger partial charge in [0.2, 0.25) is 11.7 Å². The summed E-state index contributed by atoms with van der Waals surface area (Å²) >= 11 is 0. The summed E-state index contributed by atoms with van der Waals surface area (Å²) in [5.41, 5.74) is 1.61. The first-order chi connectivity index (χ1) is 8.59. The Hall–Kier alpha value is -2.30. The van der Waals surface area contributed by atoms with Crippen LogP contribution in [0.1, 0.15) is 25.3 Å². The maximum Gasteiger partial charge on any atom is 0.259 e. The highest BCUT2D eigenvalue weighted by Gasteiger charge is 2.17. The lowest BCUT2D eigenvalue weighted by Gasteiger charge is -2.08. The number of benzene rings is 1. The molecule has 0 unspecified atom stereocenters. The van der Waals surface area contributed by atoms with Crippen molar-refractivity contribution in [1.29, 1.82) is 0 Å². The summed E-state index contributed by atoms with van der Waals surface area (Å²) in [6.45, 7) is 3.74. The predicted octanol–water partition coefficient (Wildman–Crippen LogP) is 2.00. The lowest BCUT2D eigenvalue weighted by atomic mass is 10.1. The molecule has 3 aromatic rings. The second kappa shape index (κ2) is 3.60. The number of para-hydroxylation sites is 2. The van der Waals surface area contributed by atoms with E-state index < -0.39 is 0 Å². The Bertz CT molecular complexity index is 799. The van der Waals surface area contributed by atoms with Crippen molar-refractivity contribution >= 4 is 16.8 Å². The number of nitrogens with one attached hydrogen (secondary N) is 1. The van der Waals surface area contributed by atoms with Crippen molar-refractivity contribution in [2.75, 3.05) is 0 Å². The molecule has 3 rings (SSSR count). The monoisotopic (exact) mass is 243 g/mol. The van der Waals surface area contributed by atoms with Crippen LogP contribution in [0.3, 0.4) is 0 Å². The standard InChI is InChI=1S/C13H13N3O2/c1-7(2)10-11(17)15-13-14-8-5-3-4-6-9(8)16(13)12(10)18/h3-7,18H,1-2H3,(H,14,15,17). The normalized spacial score (nSPS) is 11.7. The summed E-state index contributed by atoms with van der Waals surface area (Å²) in [7, 11) is 0. The minimum absolute atomic E-state index is 0.0301. The van der Waals surface area contributed by atoms with Gasteiger partial charge in [0, 0.05) is 0 Å².